The van der Waals surface area contributed by atoms with Crippen LogP contribution < -0.4 is 5.73 Å². The van der Waals surface area contributed by atoms with Crippen molar-refractivity contribution < 1.29 is 9.59 Å². The van der Waals surface area contributed by atoms with E-state index < -0.39 is 5.91 Å². The number of amides is 1. The van der Waals surface area contributed by atoms with E-state index in [0.717, 1.165) is 24.1 Å². The SMILES string of the molecule is Cc1ccc(-c2cc3cnn(C(=O)C4CC4)c3c(C(N)=O)n2)cn1. The molecule has 3 aromatic rings. The topological polar surface area (TPSA) is 104 Å². The van der Waals surface area contributed by atoms with Crippen molar-refractivity contribution in [1.82, 2.24) is 19.7 Å². The van der Waals surface area contributed by atoms with Crippen LogP contribution in [0.15, 0.2) is 30.6 Å². The lowest BCUT2D eigenvalue weighted by atomic mass is 10.1. The summed E-state index contributed by atoms with van der Waals surface area (Å²) >= 11 is 0. The van der Waals surface area contributed by atoms with Crippen molar-refractivity contribution in [1.29, 1.82) is 0 Å². The largest absolute Gasteiger partial charge is 0.364 e. The summed E-state index contributed by atoms with van der Waals surface area (Å²) in [6.07, 6.45) is 4.96. The maximum atomic E-state index is 12.4. The van der Waals surface area contributed by atoms with Gasteiger partial charge in [0.05, 0.1) is 11.9 Å². The monoisotopic (exact) mass is 321 g/mol. The summed E-state index contributed by atoms with van der Waals surface area (Å²) in [5.74, 6) is -0.818. The molecular weight excluding hydrogens is 306 g/mol. The number of hydrogen-bond acceptors (Lipinski definition) is 5. The highest BCUT2D eigenvalue weighted by atomic mass is 16.2. The minimum Gasteiger partial charge on any atom is -0.364 e. The molecule has 0 unspecified atom stereocenters. The van der Waals surface area contributed by atoms with Crippen LogP contribution in [-0.2, 0) is 0 Å². The molecule has 1 aliphatic carbocycles. The predicted octanol–water partition coefficient (Wildman–Crippen LogP) is 1.95. The van der Waals surface area contributed by atoms with Crippen LogP contribution in [-0.4, -0.2) is 31.6 Å². The van der Waals surface area contributed by atoms with E-state index in [1.807, 2.05) is 19.1 Å². The van der Waals surface area contributed by atoms with Gasteiger partial charge in [-0.15, -0.1) is 0 Å². The molecule has 0 radical (unpaired) electrons. The summed E-state index contributed by atoms with van der Waals surface area (Å²) in [6, 6.07) is 5.53. The second-order valence-corrected chi connectivity index (χ2v) is 6.02. The zero-order chi connectivity index (χ0) is 16.8. The van der Waals surface area contributed by atoms with Crippen LogP contribution in [0.1, 0.15) is 33.8 Å². The summed E-state index contributed by atoms with van der Waals surface area (Å²) in [6.45, 7) is 1.89. The maximum Gasteiger partial charge on any atom is 0.269 e. The van der Waals surface area contributed by atoms with Gasteiger partial charge in [-0.25, -0.2) is 4.98 Å². The lowest BCUT2D eigenvalue weighted by molar-refractivity contribution is 0.0875. The predicted molar refractivity (Wildman–Crippen MR) is 87.4 cm³/mol. The molecule has 0 saturated heterocycles. The molecule has 24 heavy (non-hydrogen) atoms. The summed E-state index contributed by atoms with van der Waals surface area (Å²) in [4.78, 5) is 32.9. The average Bonchev–Trinajstić information content (AvgIpc) is 3.33. The van der Waals surface area contributed by atoms with Gasteiger partial charge >= 0.3 is 0 Å². The highest BCUT2D eigenvalue weighted by molar-refractivity contribution is 6.07. The molecule has 4 rings (SSSR count). The Kier molecular flexibility index (Phi) is 3.16. The zero-order valence-corrected chi connectivity index (χ0v) is 13.1. The maximum absolute atomic E-state index is 12.4. The molecule has 0 bridgehead atoms. The van der Waals surface area contributed by atoms with Gasteiger partial charge in [-0.05, 0) is 38.0 Å². The fourth-order valence-electron chi connectivity index (χ4n) is 2.67. The molecule has 3 heterocycles. The molecule has 1 amide bonds. The van der Waals surface area contributed by atoms with E-state index in [2.05, 4.69) is 15.1 Å². The Morgan fingerprint density at radius 2 is 2.04 bits per heavy atom. The smallest absolute Gasteiger partial charge is 0.269 e. The zero-order valence-electron chi connectivity index (χ0n) is 13.1. The van der Waals surface area contributed by atoms with Gasteiger partial charge in [0, 0.05) is 28.8 Å². The number of primary amides is 1. The van der Waals surface area contributed by atoms with Crippen molar-refractivity contribution in [3.8, 4) is 11.3 Å². The van der Waals surface area contributed by atoms with Crippen LogP contribution in [0.25, 0.3) is 22.2 Å². The van der Waals surface area contributed by atoms with Gasteiger partial charge in [-0.3, -0.25) is 14.6 Å². The van der Waals surface area contributed by atoms with Crippen LogP contribution in [0.3, 0.4) is 0 Å². The number of carbonyl (C=O) groups is 2. The van der Waals surface area contributed by atoms with Crippen molar-refractivity contribution in [3.63, 3.8) is 0 Å². The number of aryl methyl sites for hydroxylation is 1. The van der Waals surface area contributed by atoms with Gasteiger partial charge < -0.3 is 5.73 Å². The lowest BCUT2D eigenvalue weighted by Gasteiger charge is -2.07. The van der Waals surface area contributed by atoms with Crippen molar-refractivity contribution in [3.05, 3.63) is 42.0 Å². The van der Waals surface area contributed by atoms with Gasteiger partial charge in [0.25, 0.3) is 11.8 Å². The quantitative estimate of drug-likeness (QED) is 0.794. The van der Waals surface area contributed by atoms with Crippen molar-refractivity contribution in [2.45, 2.75) is 19.8 Å². The molecule has 1 fully saturated rings. The standard InChI is InChI=1S/C17H15N5O2/c1-9-2-3-11(7-19-9)13-6-12-8-20-22(17(24)10-4-5-10)15(12)14(21-13)16(18)23/h2-3,6-8,10H,4-5H2,1H3,(H2,18,23). The van der Waals surface area contributed by atoms with Gasteiger partial charge in [0.15, 0.2) is 5.69 Å². The van der Waals surface area contributed by atoms with Crippen LogP contribution >= 0.6 is 0 Å². The van der Waals surface area contributed by atoms with Crippen molar-refractivity contribution in [2.24, 2.45) is 11.7 Å². The summed E-state index contributed by atoms with van der Waals surface area (Å²) in [7, 11) is 0. The number of pyridine rings is 2. The molecule has 2 N–H and O–H groups in total. The second-order valence-electron chi connectivity index (χ2n) is 6.02. The van der Waals surface area contributed by atoms with Gasteiger partial charge in [-0.2, -0.15) is 9.78 Å². The van der Waals surface area contributed by atoms with Gasteiger partial charge in [0.1, 0.15) is 5.52 Å². The molecule has 0 atom stereocenters. The Balaban J connectivity index is 1.92. The summed E-state index contributed by atoms with van der Waals surface area (Å²) < 4.78 is 1.26. The first-order valence-corrected chi connectivity index (χ1v) is 7.70. The van der Waals surface area contributed by atoms with Crippen LogP contribution in [0.5, 0.6) is 0 Å². The van der Waals surface area contributed by atoms with Gasteiger partial charge in [-0.1, -0.05) is 0 Å². The third-order valence-electron chi connectivity index (χ3n) is 4.12. The van der Waals surface area contributed by atoms with E-state index in [-0.39, 0.29) is 17.5 Å². The molecule has 0 aliphatic heterocycles. The summed E-state index contributed by atoms with van der Waals surface area (Å²) in [5, 5.41) is 4.81. The Bertz CT molecular complexity index is 971. The third kappa shape index (κ3) is 2.34. The first-order chi connectivity index (χ1) is 11.5. The van der Waals surface area contributed by atoms with E-state index in [1.165, 1.54) is 4.68 Å². The van der Waals surface area contributed by atoms with E-state index in [9.17, 15) is 9.59 Å². The fourth-order valence-corrected chi connectivity index (χ4v) is 2.67. The lowest BCUT2D eigenvalue weighted by Crippen LogP contribution is -2.19. The van der Waals surface area contributed by atoms with E-state index in [4.69, 9.17) is 5.73 Å². The molecule has 7 heteroatoms. The highest BCUT2D eigenvalue weighted by Crippen LogP contribution is 2.32. The average molecular weight is 321 g/mol. The molecule has 1 aliphatic rings. The number of nitrogens with two attached hydrogens (primary N) is 1. The first kappa shape index (κ1) is 14.5. The molecular formula is C17H15N5O2. The number of fused-ring (bicyclic) bond motifs is 1. The Hall–Kier alpha value is -3.09. The first-order valence-electron chi connectivity index (χ1n) is 7.70. The number of rotatable bonds is 3. The van der Waals surface area contributed by atoms with E-state index in [1.54, 1.807) is 18.5 Å². The molecule has 120 valence electrons. The molecule has 7 nitrogen and oxygen atoms in total. The van der Waals surface area contributed by atoms with E-state index in [0.29, 0.717) is 16.6 Å². The Morgan fingerprint density at radius 3 is 2.67 bits per heavy atom. The summed E-state index contributed by atoms with van der Waals surface area (Å²) in [5.41, 5.74) is 8.16. The fraction of sp³-hybridized carbons (Fsp3) is 0.235. The molecule has 0 aromatic carbocycles. The van der Waals surface area contributed by atoms with Crippen LogP contribution in [0.2, 0.25) is 0 Å². The number of nitrogens with zero attached hydrogens (tertiary/aromatic N) is 4. The van der Waals surface area contributed by atoms with Crippen molar-refractivity contribution in [2.75, 3.05) is 0 Å². The Labute approximate surface area is 137 Å². The number of carbonyl (C=O) groups excluding carboxylic acids is 2. The minimum absolute atomic E-state index is 0.0187. The molecule has 0 spiro atoms. The Morgan fingerprint density at radius 1 is 1.25 bits per heavy atom. The van der Waals surface area contributed by atoms with Gasteiger partial charge in [0.2, 0.25) is 0 Å². The third-order valence-corrected chi connectivity index (χ3v) is 4.12. The normalized spacial score (nSPS) is 14.0. The second kappa shape index (κ2) is 5.23. The number of aromatic nitrogens is 4. The van der Waals surface area contributed by atoms with Crippen LogP contribution in [0, 0.1) is 12.8 Å². The van der Waals surface area contributed by atoms with E-state index >= 15 is 0 Å². The van der Waals surface area contributed by atoms with Crippen molar-refractivity contribution >= 4 is 22.7 Å². The van der Waals surface area contributed by atoms with Crippen LogP contribution in [0.4, 0.5) is 0 Å². The molecule has 3 aromatic heterocycles. The number of hydrogen-bond donors (Lipinski definition) is 1. The highest BCUT2D eigenvalue weighted by Gasteiger charge is 2.33. The molecule has 1 saturated carbocycles. The minimum atomic E-state index is -0.688.